The largest absolute Gasteiger partial charge is 0.118 e. The van der Waals surface area contributed by atoms with Gasteiger partial charge in [0.15, 0.2) is 0 Å². The lowest BCUT2D eigenvalue weighted by Gasteiger charge is -2.42. The maximum atomic E-state index is 2.58. The van der Waals surface area contributed by atoms with Crippen LogP contribution in [-0.2, 0) is 21.7 Å². The average Bonchev–Trinajstić information content (AvgIpc) is 2.68. The first-order chi connectivity index (χ1) is 13.7. The van der Waals surface area contributed by atoms with Gasteiger partial charge in [0, 0.05) is 0 Å². The number of benzene rings is 2. The second-order valence-corrected chi connectivity index (χ2v) is 15.1. The molecule has 0 nitrogen and oxygen atoms in total. The predicted octanol–water partition coefficient (Wildman–Crippen LogP) is 6.62. The van der Waals surface area contributed by atoms with Crippen LogP contribution in [0.3, 0.4) is 0 Å². The molecule has 1 heteroatoms. The molecule has 2 aliphatic carbocycles. The zero-order valence-corrected chi connectivity index (χ0v) is 21.8. The van der Waals surface area contributed by atoms with E-state index in [0.29, 0.717) is 10.8 Å². The fourth-order valence-corrected chi connectivity index (χ4v) is 7.53. The monoisotopic (exact) mass is 417 g/mol. The standard InChI is InChI=1S/C29H41Si/c1-26(2)14-16-28(5,6)24-18-20(10-12-22(24)26)30(9)21-11-13-23-25(19-21)29(7,8)17-15-27(23,3)4/h10-13,18-19H,14-17H2,1-9H3. The van der Waals surface area contributed by atoms with Crippen molar-refractivity contribution in [3.63, 3.8) is 0 Å². The first-order valence-electron chi connectivity index (χ1n) is 11.9. The Morgan fingerprint density at radius 3 is 1.13 bits per heavy atom. The number of hydrogen-bond donors (Lipinski definition) is 0. The van der Waals surface area contributed by atoms with Crippen LogP contribution in [0, 0.1) is 0 Å². The Labute approximate surface area is 187 Å². The van der Waals surface area contributed by atoms with E-state index < -0.39 is 8.80 Å². The zero-order chi connectivity index (χ0) is 22.1. The average molecular weight is 418 g/mol. The van der Waals surface area contributed by atoms with Crippen LogP contribution in [0.1, 0.15) is 103 Å². The molecule has 0 atom stereocenters. The molecule has 2 aliphatic rings. The summed E-state index contributed by atoms with van der Waals surface area (Å²) in [7, 11) is -0.783. The van der Waals surface area contributed by atoms with E-state index in [2.05, 4.69) is 98.3 Å². The van der Waals surface area contributed by atoms with Crippen LogP contribution in [0.25, 0.3) is 0 Å². The smallest absolute Gasteiger partial charge is 0.0628 e. The number of hydrogen-bond acceptors (Lipinski definition) is 0. The quantitative estimate of drug-likeness (QED) is 0.481. The highest BCUT2D eigenvalue weighted by atomic mass is 28.3. The molecular formula is C29H41Si. The van der Waals surface area contributed by atoms with E-state index >= 15 is 0 Å². The van der Waals surface area contributed by atoms with Crippen LogP contribution in [-0.4, -0.2) is 8.80 Å². The Balaban J connectivity index is 1.77. The second-order valence-electron chi connectivity index (χ2n) is 12.7. The molecule has 0 aliphatic heterocycles. The van der Waals surface area contributed by atoms with Gasteiger partial charge in [0.1, 0.15) is 8.80 Å². The van der Waals surface area contributed by atoms with Crippen molar-refractivity contribution in [2.75, 3.05) is 0 Å². The van der Waals surface area contributed by atoms with Crippen molar-refractivity contribution in [3.8, 4) is 0 Å². The second kappa shape index (κ2) is 6.83. The minimum absolute atomic E-state index is 0.283. The molecule has 0 saturated heterocycles. The van der Waals surface area contributed by atoms with Gasteiger partial charge >= 0.3 is 0 Å². The van der Waals surface area contributed by atoms with Crippen molar-refractivity contribution in [1.29, 1.82) is 0 Å². The highest BCUT2D eigenvalue weighted by molar-refractivity contribution is 6.84. The van der Waals surface area contributed by atoms with E-state index in [-0.39, 0.29) is 10.8 Å². The molecule has 0 bridgehead atoms. The highest BCUT2D eigenvalue weighted by Crippen LogP contribution is 2.46. The summed E-state index contributed by atoms with van der Waals surface area (Å²) in [4.78, 5) is 0. The van der Waals surface area contributed by atoms with Crippen molar-refractivity contribution < 1.29 is 0 Å². The van der Waals surface area contributed by atoms with Crippen molar-refractivity contribution in [1.82, 2.24) is 0 Å². The Kier molecular flexibility index (Phi) is 4.98. The molecule has 0 aromatic heterocycles. The Hall–Kier alpha value is -1.34. The SMILES string of the molecule is C[Si](c1ccc2c(c1)C(C)(C)CCC2(C)C)c1ccc2c(c1)C(C)(C)CCC2(C)C. The number of fused-ring (bicyclic) bond motifs is 2. The fraction of sp³-hybridized carbons (Fsp3) is 0.586. The Bertz CT molecular complexity index is 894. The summed E-state index contributed by atoms with van der Waals surface area (Å²) in [5.74, 6) is 0. The number of rotatable bonds is 2. The van der Waals surface area contributed by atoms with Gasteiger partial charge in [-0.2, -0.15) is 0 Å². The van der Waals surface area contributed by atoms with E-state index in [4.69, 9.17) is 0 Å². The normalized spacial score (nSPS) is 23.0. The van der Waals surface area contributed by atoms with Crippen molar-refractivity contribution >= 4 is 19.2 Å². The fourth-order valence-electron chi connectivity index (χ4n) is 5.81. The molecule has 2 aromatic carbocycles. The van der Waals surface area contributed by atoms with Crippen LogP contribution in [0.5, 0.6) is 0 Å². The molecular weight excluding hydrogens is 376 g/mol. The van der Waals surface area contributed by atoms with E-state index in [9.17, 15) is 0 Å². The van der Waals surface area contributed by atoms with Crippen LogP contribution in [0.2, 0.25) is 6.55 Å². The van der Waals surface area contributed by atoms with Gasteiger partial charge in [-0.15, -0.1) is 0 Å². The maximum absolute atomic E-state index is 2.58. The van der Waals surface area contributed by atoms with Crippen molar-refractivity contribution in [3.05, 3.63) is 58.7 Å². The predicted molar refractivity (Wildman–Crippen MR) is 134 cm³/mol. The molecule has 0 unspecified atom stereocenters. The van der Waals surface area contributed by atoms with Gasteiger partial charge in [-0.25, -0.2) is 0 Å². The van der Waals surface area contributed by atoms with Crippen LogP contribution in [0.15, 0.2) is 36.4 Å². The summed E-state index contributed by atoms with van der Waals surface area (Å²) in [6.07, 6.45) is 5.13. The van der Waals surface area contributed by atoms with Gasteiger partial charge in [-0.3, -0.25) is 0 Å². The molecule has 0 fully saturated rings. The van der Waals surface area contributed by atoms with Gasteiger partial charge in [0.25, 0.3) is 0 Å². The third kappa shape index (κ3) is 3.51. The minimum atomic E-state index is -0.783. The third-order valence-electron chi connectivity index (χ3n) is 8.57. The zero-order valence-electron chi connectivity index (χ0n) is 20.8. The molecule has 1 radical (unpaired) electrons. The van der Waals surface area contributed by atoms with Crippen LogP contribution in [0.4, 0.5) is 0 Å². The molecule has 2 aromatic rings. The Morgan fingerprint density at radius 2 is 0.800 bits per heavy atom. The van der Waals surface area contributed by atoms with Crippen molar-refractivity contribution in [2.24, 2.45) is 0 Å². The lowest BCUT2D eigenvalue weighted by atomic mass is 9.63. The maximum Gasteiger partial charge on any atom is 0.118 e. The lowest BCUT2D eigenvalue weighted by molar-refractivity contribution is 0.332. The molecule has 4 rings (SSSR count). The summed E-state index contributed by atoms with van der Waals surface area (Å²) < 4.78 is 0. The van der Waals surface area contributed by atoms with Gasteiger partial charge in [0.2, 0.25) is 0 Å². The topological polar surface area (TPSA) is 0 Å². The van der Waals surface area contributed by atoms with E-state index in [1.807, 2.05) is 0 Å². The van der Waals surface area contributed by atoms with Gasteiger partial charge < -0.3 is 0 Å². The molecule has 0 saturated carbocycles. The molecule has 0 amide bonds. The molecule has 161 valence electrons. The van der Waals surface area contributed by atoms with Crippen molar-refractivity contribution in [2.45, 2.75) is 109 Å². The lowest BCUT2D eigenvalue weighted by Crippen LogP contribution is -2.43. The first kappa shape index (κ1) is 21.9. The van der Waals surface area contributed by atoms with Gasteiger partial charge in [-0.05, 0) is 69.6 Å². The first-order valence-corrected chi connectivity index (χ1v) is 13.9. The molecule has 0 heterocycles. The third-order valence-corrected chi connectivity index (χ3v) is 10.9. The molecule has 0 N–H and O–H groups in total. The Morgan fingerprint density at radius 1 is 0.500 bits per heavy atom. The molecule has 0 spiro atoms. The van der Waals surface area contributed by atoms with Crippen LogP contribution < -0.4 is 10.4 Å². The summed E-state index contributed by atoms with van der Waals surface area (Å²) in [6.45, 7) is 21.9. The summed E-state index contributed by atoms with van der Waals surface area (Å²) in [5, 5.41) is 3.13. The van der Waals surface area contributed by atoms with E-state index in [1.54, 1.807) is 32.6 Å². The van der Waals surface area contributed by atoms with Gasteiger partial charge in [-0.1, -0.05) is 109 Å². The van der Waals surface area contributed by atoms with Gasteiger partial charge in [0.05, 0.1) is 0 Å². The van der Waals surface area contributed by atoms with E-state index in [1.165, 1.54) is 25.7 Å². The van der Waals surface area contributed by atoms with Crippen LogP contribution >= 0.6 is 0 Å². The minimum Gasteiger partial charge on any atom is -0.0628 e. The summed E-state index contributed by atoms with van der Waals surface area (Å²) in [6, 6.07) is 15.0. The molecule has 30 heavy (non-hydrogen) atoms. The summed E-state index contributed by atoms with van der Waals surface area (Å²) in [5.41, 5.74) is 7.50. The van der Waals surface area contributed by atoms with E-state index in [0.717, 1.165) is 0 Å². The highest BCUT2D eigenvalue weighted by Gasteiger charge is 2.39. The summed E-state index contributed by atoms with van der Waals surface area (Å²) >= 11 is 0.